The summed E-state index contributed by atoms with van der Waals surface area (Å²) in [5.41, 5.74) is 2.89. The van der Waals surface area contributed by atoms with Gasteiger partial charge in [0.1, 0.15) is 18.1 Å². The number of hydrogen-bond acceptors (Lipinski definition) is 4. The molecule has 1 aliphatic rings. The van der Waals surface area contributed by atoms with Gasteiger partial charge in [-0.25, -0.2) is 0 Å². The zero-order valence-electron chi connectivity index (χ0n) is 10.7. The molecule has 0 unspecified atom stereocenters. The van der Waals surface area contributed by atoms with E-state index in [1.54, 1.807) is 30.3 Å². The Balaban J connectivity index is 1.85. The summed E-state index contributed by atoms with van der Waals surface area (Å²) in [4.78, 5) is 0. The van der Waals surface area contributed by atoms with Crippen molar-refractivity contribution in [3.05, 3.63) is 53.1 Å². The maximum atomic E-state index is 9.49. The maximum absolute atomic E-state index is 9.49. The van der Waals surface area contributed by atoms with E-state index < -0.39 is 0 Å². The number of phenolic OH excluding ortho intramolecular Hbond substituents is 3. The van der Waals surface area contributed by atoms with Crippen molar-refractivity contribution in [2.75, 3.05) is 6.61 Å². The number of rotatable bonds is 2. The van der Waals surface area contributed by atoms with E-state index in [9.17, 15) is 15.3 Å². The lowest BCUT2D eigenvalue weighted by Crippen LogP contribution is -2.09. The highest BCUT2D eigenvalue weighted by Gasteiger charge is 2.13. The molecule has 3 N–H and O–H groups in total. The van der Waals surface area contributed by atoms with Gasteiger partial charge in [0, 0.05) is 11.6 Å². The predicted molar refractivity (Wildman–Crippen MR) is 75.1 cm³/mol. The van der Waals surface area contributed by atoms with Crippen LogP contribution in [0, 0.1) is 0 Å². The number of fused-ring (bicyclic) bond motifs is 1. The third kappa shape index (κ3) is 2.40. The molecule has 0 bridgehead atoms. The molecule has 0 saturated carbocycles. The Morgan fingerprint density at radius 3 is 2.60 bits per heavy atom. The topological polar surface area (TPSA) is 69.9 Å². The van der Waals surface area contributed by atoms with Gasteiger partial charge in [-0.05, 0) is 47.9 Å². The Labute approximate surface area is 116 Å². The fourth-order valence-electron chi connectivity index (χ4n) is 2.24. The molecule has 0 atom stereocenters. The van der Waals surface area contributed by atoms with Gasteiger partial charge >= 0.3 is 0 Å². The molecule has 20 heavy (non-hydrogen) atoms. The van der Waals surface area contributed by atoms with Crippen molar-refractivity contribution in [3.63, 3.8) is 0 Å². The van der Waals surface area contributed by atoms with Gasteiger partial charge in [0.25, 0.3) is 0 Å². The first-order valence-electron chi connectivity index (χ1n) is 6.28. The van der Waals surface area contributed by atoms with Crippen LogP contribution in [0.15, 0.2) is 42.0 Å². The lowest BCUT2D eigenvalue weighted by molar-refractivity contribution is 0.341. The summed E-state index contributed by atoms with van der Waals surface area (Å²) in [5, 5.41) is 28.2. The Morgan fingerprint density at radius 2 is 1.80 bits per heavy atom. The molecule has 0 radical (unpaired) electrons. The number of aromatic hydroxyl groups is 3. The summed E-state index contributed by atoms with van der Waals surface area (Å²) in [6.45, 7) is 0.443. The Bertz CT molecular complexity index is 689. The van der Waals surface area contributed by atoms with Crippen LogP contribution in [0.2, 0.25) is 0 Å². The average Bonchev–Trinajstić information content (AvgIpc) is 2.43. The van der Waals surface area contributed by atoms with Crippen LogP contribution in [-0.2, 0) is 6.42 Å². The molecule has 102 valence electrons. The largest absolute Gasteiger partial charge is 0.508 e. The fraction of sp³-hybridized carbons (Fsp3) is 0.125. The van der Waals surface area contributed by atoms with Crippen LogP contribution in [0.3, 0.4) is 0 Å². The van der Waals surface area contributed by atoms with E-state index in [2.05, 4.69) is 0 Å². The predicted octanol–water partition coefficient (Wildman–Crippen LogP) is 2.82. The molecule has 2 aromatic rings. The number of benzene rings is 2. The maximum Gasteiger partial charge on any atom is 0.157 e. The van der Waals surface area contributed by atoms with Gasteiger partial charge in [0.15, 0.2) is 11.5 Å². The Morgan fingerprint density at radius 1 is 0.950 bits per heavy atom. The van der Waals surface area contributed by atoms with Crippen molar-refractivity contribution in [1.82, 2.24) is 0 Å². The van der Waals surface area contributed by atoms with Crippen LogP contribution in [0.4, 0.5) is 0 Å². The van der Waals surface area contributed by atoms with Crippen LogP contribution < -0.4 is 4.74 Å². The summed E-state index contributed by atoms with van der Waals surface area (Å²) in [7, 11) is 0. The highest BCUT2D eigenvalue weighted by Crippen LogP contribution is 2.32. The second-order valence-electron chi connectivity index (χ2n) is 4.81. The monoisotopic (exact) mass is 270 g/mol. The van der Waals surface area contributed by atoms with Crippen molar-refractivity contribution in [1.29, 1.82) is 0 Å². The molecule has 2 aromatic carbocycles. The van der Waals surface area contributed by atoms with Crippen LogP contribution in [0.1, 0.15) is 11.1 Å². The Hall–Kier alpha value is -2.62. The van der Waals surface area contributed by atoms with Gasteiger partial charge in [-0.3, -0.25) is 0 Å². The minimum absolute atomic E-state index is 0.120. The van der Waals surface area contributed by atoms with Crippen molar-refractivity contribution >= 4 is 6.08 Å². The van der Waals surface area contributed by atoms with Gasteiger partial charge in [-0.15, -0.1) is 0 Å². The Kier molecular flexibility index (Phi) is 2.99. The minimum atomic E-state index is -0.122. The fourth-order valence-corrected chi connectivity index (χ4v) is 2.24. The molecule has 1 heterocycles. The molecule has 4 heteroatoms. The smallest absolute Gasteiger partial charge is 0.157 e. The van der Waals surface area contributed by atoms with Crippen molar-refractivity contribution in [3.8, 4) is 23.0 Å². The van der Waals surface area contributed by atoms with Gasteiger partial charge in [-0.1, -0.05) is 6.07 Å². The summed E-state index contributed by atoms with van der Waals surface area (Å²) < 4.78 is 5.60. The number of phenols is 3. The number of hydrogen-bond donors (Lipinski definition) is 3. The van der Waals surface area contributed by atoms with Crippen molar-refractivity contribution < 1.29 is 20.1 Å². The first-order chi connectivity index (χ1) is 9.61. The highest BCUT2D eigenvalue weighted by molar-refractivity contribution is 5.64. The normalized spacial score (nSPS) is 13.3. The van der Waals surface area contributed by atoms with Crippen LogP contribution >= 0.6 is 0 Å². The lowest BCUT2D eigenvalue weighted by atomic mass is 10.0. The first kappa shape index (κ1) is 12.4. The quantitative estimate of drug-likeness (QED) is 0.734. The van der Waals surface area contributed by atoms with Crippen molar-refractivity contribution in [2.24, 2.45) is 0 Å². The van der Waals surface area contributed by atoms with E-state index >= 15 is 0 Å². The van der Waals surface area contributed by atoms with Crippen molar-refractivity contribution in [2.45, 2.75) is 6.42 Å². The SMILES string of the molecule is Oc1ccc2c(c1)OCC(Cc1ccc(O)c(O)c1)=C2. The zero-order valence-corrected chi connectivity index (χ0v) is 10.7. The van der Waals surface area contributed by atoms with E-state index in [4.69, 9.17) is 4.74 Å². The summed E-state index contributed by atoms with van der Waals surface area (Å²) in [5.74, 6) is 0.611. The molecule has 0 saturated heterocycles. The number of ether oxygens (including phenoxy) is 1. The van der Waals surface area contributed by atoms with E-state index in [-0.39, 0.29) is 17.2 Å². The highest BCUT2D eigenvalue weighted by atomic mass is 16.5. The van der Waals surface area contributed by atoms with E-state index in [1.807, 2.05) is 6.08 Å². The van der Waals surface area contributed by atoms with E-state index in [0.717, 1.165) is 16.7 Å². The van der Waals surface area contributed by atoms with Crippen LogP contribution in [0.25, 0.3) is 6.08 Å². The van der Waals surface area contributed by atoms with E-state index in [0.29, 0.717) is 18.8 Å². The van der Waals surface area contributed by atoms with Gasteiger partial charge in [0.05, 0.1) is 0 Å². The molecule has 0 aliphatic carbocycles. The molecule has 0 amide bonds. The summed E-state index contributed by atoms with van der Waals surface area (Å²) in [6, 6.07) is 9.80. The zero-order chi connectivity index (χ0) is 14.1. The molecule has 1 aliphatic heterocycles. The third-order valence-corrected chi connectivity index (χ3v) is 3.24. The third-order valence-electron chi connectivity index (χ3n) is 3.24. The first-order valence-corrected chi connectivity index (χ1v) is 6.28. The summed E-state index contributed by atoms with van der Waals surface area (Å²) >= 11 is 0. The van der Waals surface area contributed by atoms with Gasteiger partial charge < -0.3 is 20.1 Å². The standard InChI is InChI=1S/C16H14O4/c17-13-3-2-12-6-11(9-20-16(12)8-13)5-10-1-4-14(18)15(19)7-10/h1-4,6-8,17-19H,5,9H2. The van der Waals surface area contributed by atoms with Gasteiger partial charge in [-0.2, -0.15) is 0 Å². The lowest BCUT2D eigenvalue weighted by Gasteiger charge is -2.18. The molecular formula is C16H14O4. The molecule has 3 rings (SSSR count). The molecule has 0 fully saturated rings. The second-order valence-corrected chi connectivity index (χ2v) is 4.81. The van der Waals surface area contributed by atoms with Crippen LogP contribution in [0.5, 0.6) is 23.0 Å². The minimum Gasteiger partial charge on any atom is -0.508 e. The molecule has 0 aromatic heterocycles. The molecule has 0 spiro atoms. The molecular weight excluding hydrogens is 256 g/mol. The molecule has 4 nitrogen and oxygen atoms in total. The second kappa shape index (κ2) is 4.81. The summed E-state index contributed by atoms with van der Waals surface area (Å²) in [6.07, 6.45) is 2.65. The average molecular weight is 270 g/mol. The van der Waals surface area contributed by atoms with E-state index in [1.165, 1.54) is 6.07 Å². The van der Waals surface area contributed by atoms with Gasteiger partial charge in [0.2, 0.25) is 0 Å². The van der Waals surface area contributed by atoms with Crippen LogP contribution in [-0.4, -0.2) is 21.9 Å².